The van der Waals surface area contributed by atoms with Gasteiger partial charge < -0.3 is 14.1 Å². The number of rotatable bonds is 2. The molecule has 0 spiro atoms. The van der Waals surface area contributed by atoms with E-state index in [4.69, 9.17) is 4.42 Å². The van der Waals surface area contributed by atoms with Crippen molar-refractivity contribution in [2.75, 3.05) is 20.2 Å². The topological polar surface area (TPSA) is 59.8 Å². The fraction of sp³-hybridized carbons (Fsp3) is 0.455. The van der Waals surface area contributed by atoms with Crippen molar-refractivity contribution < 1.29 is 18.7 Å². The third-order valence-electron chi connectivity index (χ3n) is 2.86. The molecule has 1 aliphatic rings. The van der Waals surface area contributed by atoms with Gasteiger partial charge in [-0.1, -0.05) is 0 Å². The monoisotopic (exact) mass is 301 g/mol. The van der Waals surface area contributed by atoms with Crippen LogP contribution in [0.2, 0.25) is 0 Å². The Balaban J connectivity index is 2.04. The summed E-state index contributed by atoms with van der Waals surface area (Å²) in [4.78, 5) is 25.1. The van der Waals surface area contributed by atoms with Gasteiger partial charge in [-0.3, -0.25) is 9.59 Å². The molecule has 1 unspecified atom stereocenters. The quantitative estimate of drug-likeness (QED) is 0.780. The minimum Gasteiger partial charge on any atom is -0.469 e. The molecule has 6 heteroatoms. The van der Waals surface area contributed by atoms with Crippen molar-refractivity contribution in [1.82, 2.24) is 4.90 Å². The maximum Gasteiger partial charge on any atom is 0.310 e. The number of likely N-dealkylation sites (tertiary alicyclic amines) is 1. The predicted octanol–water partition coefficient (Wildman–Crippen LogP) is 1.68. The van der Waals surface area contributed by atoms with Gasteiger partial charge in [-0.15, -0.1) is 0 Å². The highest BCUT2D eigenvalue weighted by Crippen LogP contribution is 2.24. The van der Waals surface area contributed by atoms with Gasteiger partial charge in [0.05, 0.1) is 24.9 Å². The Bertz CT molecular complexity index is 442. The summed E-state index contributed by atoms with van der Waals surface area (Å²) in [6, 6.07) is 1.61. The van der Waals surface area contributed by atoms with Gasteiger partial charge in [-0.25, -0.2) is 0 Å². The standard InChI is InChI=1S/C11H12BrNO4/c1-16-11(15)7-2-4-13(6-7)10(14)8-3-5-17-9(8)12/h3,5,7H,2,4,6H2,1H3. The number of hydrogen-bond donors (Lipinski definition) is 0. The number of amides is 1. The van der Waals surface area contributed by atoms with Gasteiger partial charge in [0.2, 0.25) is 0 Å². The Hall–Kier alpha value is -1.30. The summed E-state index contributed by atoms with van der Waals surface area (Å²) in [7, 11) is 1.36. The van der Waals surface area contributed by atoms with Gasteiger partial charge in [0.25, 0.3) is 5.91 Å². The van der Waals surface area contributed by atoms with Gasteiger partial charge in [0.15, 0.2) is 4.67 Å². The molecule has 0 bridgehead atoms. The third kappa shape index (κ3) is 2.36. The zero-order valence-electron chi connectivity index (χ0n) is 9.31. The molecule has 1 saturated heterocycles. The number of hydrogen-bond acceptors (Lipinski definition) is 4. The molecule has 1 aliphatic heterocycles. The molecule has 92 valence electrons. The first-order valence-electron chi connectivity index (χ1n) is 5.23. The minimum absolute atomic E-state index is 0.128. The summed E-state index contributed by atoms with van der Waals surface area (Å²) in [5.41, 5.74) is 0.482. The van der Waals surface area contributed by atoms with Crippen LogP contribution in [0.1, 0.15) is 16.8 Å². The van der Waals surface area contributed by atoms with E-state index in [0.717, 1.165) is 0 Å². The second kappa shape index (κ2) is 4.91. The molecule has 0 radical (unpaired) electrons. The van der Waals surface area contributed by atoms with E-state index in [1.54, 1.807) is 11.0 Å². The van der Waals surface area contributed by atoms with Gasteiger partial charge in [-0.2, -0.15) is 0 Å². The van der Waals surface area contributed by atoms with Crippen LogP contribution >= 0.6 is 15.9 Å². The van der Waals surface area contributed by atoms with Gasteiger partial charge in [0.1, 0.15) is 0 Å². The summed E-state index contributed by atoms with van der Waals surface area (Å²) >= 11 is 3.17. The lowest BCUT2D eigenvalue weighted by Crippen LogP contribution is -2.30. The maximum atomic E-state index is 12.1. The number of nitrogens with zero attached hydrogens (tertiary/aromatic N) is 1. The second-order valence-electron chi connectivity index (χ2n) is 3.87. The maximum absolute atomic E-state index is 12.1. The molecule has 0 aliphatic carbocycles. The van der Waals surface area contributed by atoms with Crippen molar-refractivity contribution in [3.63, 3.8) is 0 Å². The predicted molar refractivity (Wildman–Crippen MR) is 62.4 cm³/mol. The number of halogens is 1. The van der Waals surface area contributed by atoms with E-state index in [2.05, 4.69) is 20.7 Å². The van der Waals surface area contributed by atoms with Crippen molar-refractivity contribution >= 4 is 27.8 Å². The summed E-state index contributed by atoms with van der Waals surface area (Å²) in [6.45, 7) is 0.972. The number of ether oxygens (including phenoxy) is 1. The van der Waals surface area contributed by atoms with Crippen LogP contribution in [0.5, 0.6) is 0 Å². The Kier molecular flexibility index (Phi) is 3.51. The van der Waals surface area contributed by atoms with E-state index in [1.807, 2.05) is 0 Å². The molecular weight excluding hydrogens is 290 g/mol. The summed E-state index contributed by atoms with van der Waals surface area (Å²) in [5, 5.41) is 0. The van der Waals surface area contributed by atoms with Crippen molar-refractivity contribution in [1.29, 1.82) is 0 Å². The number of carbonyl (C=O) groups excluding carboxylic acids is 2. The number of esters is 1. The highest BCUT2D eigenvalue weighted by Gasteiger charge is 2.33. The van der Waals surface area contributed by atoms with Gasteiger partial charge in [-0.05, 0) is 28.4 Å². The molecule has 2 rings (SSSR count). The van der Waals surface area contributed by atoms with Crippen molar-refractivity contribution in [3.05, 3.63) is 22.6 Å². The third-order valence-corrected chi connectivity index (χ3v) is 3.47. The molecule has 1 fully saturated rings. The number of furan rings is 1. The van der Waals surface area contributed by atoms with Crippen LogP contribution < -0.4 is 0 Å². The SMILES string of the molecule is COC(=O)C1CCN(C(=O)c2ccoc2Br)C1. The van der Waals surface area contributed by atoms with E-state index >= 15 is 0 Å². The Morgan fingerprint density at radius 2 is 2.35 bits per heavy atom. The first-order valence-corrected chi connectivity index (χ1v) is 6.03. The smallest absolute Gasteiger partial charge is 0.310 e. The highest BCUT2D eigenvalue weighted by atomic mass is 79.9. The number of carbonyl (C=O) groups is 2. The molecule has 0 N–H and O–H groups in total. The fourth-order valence-electron chi connectivity index (χ4n) is 1.92. The van der Waals surface area contributed by atoms with Crippen LogP contribution in [0.4, 0.5) is 0 Å². The van der Waals surface area contributed by atoms with Crippen molar-refractivity contribution in [3.8, 4) is 0 Å². The summed E-state index contributed by atoms with van der Waals surface area (Å²) in [5.74, 6) is -0.599. The van der Waals surface area contributed by atoms with E-state index < -0.39 is 0 Å². The average molecular weight is 302 g/mol. The van der Waals surface area contributed by atoms with Crippen LogP contribution in [0.3, 0.4) is 0 Å². The Morgan fingerprint density at radius 3 is 2.94 bits per heavy atom. The van der Waals surface area contributed by atoms with Gasteiger partial charge in [0, 0.05) is 13.1 Å². The molecule has 1 aromatic rings. The second-order valence-corrected chi connectivity index (χ2v) is 4.59. The lowest BCUT2D eigenvalue weighted by atomic mass is 10.1. The largest absolute Gasteiger partial charge is 0.469 e. The Morgan fingerprint density at radius 1 is 1.59 bits per heavy atom. The lowest BCUT2D eigenvalue weighted by molar-refractivity contribution is -0.144. The molecule has 17 heavy (non-hydrogen) atoms. The Labute approximate surface area is 107 Å². The van der Waals surface area contributed by atoms with Crippen LogP contribution in [-0.2, 0) is 9.53 Å². The fourth-order valence-corrected chi connectivity index (χ4v) is 2.33. The molecule has 1 atom stereocenters. The van der Waals surface area contributed by atoms with E-state index in [1.165, 1.54) is 13.4 Å². The lowest BCUT2D eigenvalue weighted by Gasteiger charge is -2.15. The molecule has 5 nitrogen and oxygen atoms in total. The normalized spacial score (nSPS) is 19.4. The molecule has 0 aromatic carbocycles. The van der Waals surface area contributed by atoms with Crippen molar-refractivity contribution in [2.24, 2.45) is 5.92 Å². The zero-order chi connectivity index (χ0) is 12.4. The van der Waals surface area contributed by atoms with E-state index in [-0.39, 0.29) is 17.8 Å². The molecule has 2 heterocycles. The molecule has 1 aromatic heterocycles. The average Bonchev–Trinajstić information content (AvgIpc) is 2.95. The summed E-state index contributed by atoms with van der Waals surface area (Å²) in [6.07, 6.45) is 2.10. The van der Waals surface area contributed by atoms with E-state index in [0.29, 0.717) is 29.7 Å². The molecule has 0 saturated carbocycles. The van der Waals surface area contributed by atoms with Crippen LogP contribution in [0.15, 0.2) is 21.4 Å². The van der Waals surface area contributed by atoms with Crippen LogP contribution in [0.25, 0.3) is 0 Å². The van der Waals surface area contributed by atoms with Crippen molar-refractivity contribution in [2.45, 2.75) is 6.42 Å². The van der Waals surface area contributed by atoms with Crippen LogP contribution in [-0.4, -0.2) is 37.0 Å². The highest BCUT2D eigenvalue weighted by molar-refractivity contribution is 9.10. The summed E-state index contributed by atoms with van der Waals surface area (Å²) < 4.78 is 10.1. The zero-order valence-corrected chi connectivity index (χ0v) is 10.9. The minimum atomic E-state index is -0.258. The van der Waals surface area contributed by atoms with Crippen LogP contribution in [0, 0.1) is 5.92 Å². The first kappa shape index (κ1) is 12.2. The molecular formula is C11H12BrNO4. The number of methoxy groups -OCH3 is 1. The van der Waals surface area contributed by atoms with E-state index in [9.17, 15) is 9.59 Å². The first-order chi connectivity index (χ1) is 8.13. The molecule has 1 amide bonds. The van der Waals surface area contributed by atoms with Gasteiger partial charge >= 0.3 is 5.97 Å².